The number of anilines is 2. The van der Waals surface area contributed by atoms with Crippen molar-refractivity contribution < 1.29 is 13.2 Å². The third kappa shape index (κ3) is 4.06. The summed E-state index contributed by atoms with van der Waals surface area (Å²) in [6, 6.07) is 8.70. The second-order valence-corrected chi connectivity index (χ2v) is 8.32. The van der Waals surface area contributed by atoms with Crippen molar-refractivity contribution >= 4 is 22.7 Å². The molecule has 156 valence electrons. The number of nitrogens with zero attached hydrogens (tertiary/aromatic N) is 3. The number of nitrogens with one attached hydrogen (secondary N) is 1. The van der Waals surface area contributed by atoms with Crippen molar-refractivity contribution in [3.05, 3.63) is 59.4 Å². The van der Waals surface area contributed by atoms with E-state index in [9.17, 15) is 13.2 Å². The average Bonchev–Trinajstić information content (AvgIpc) is 3.54. The summed E-state index contributed by atoms with van der Waals surface area (Å²) >= 11 is 0. The molecule has 5 rings (SSSR count). The molecule has 3 aromatic rings. The molecule has 0 amide bonds. The van der Waals surface area contributed by atoms with Crippen molar-refractivity contribution in [2.45, 2.75) is 38.1 Å². The lowest BCUT2D eigenvalue weighted by atomic mass is 9.90. The molecule has 2 heterocycles. The van der Waals surface area contributed by atoms with Crippen LogP contribution in [-0.4, -0.2) is 29.1 Å². The molecule has 1 aromatic heterocycles. The van der Waals surface area contributed by atoms with Crippen molar-refractivity contribution in [2.24, 2.45) is 5.92 Å². The summed E-state index contributed by atoms with van der Waals surface area (Å²) in [7, 11) is 0. The average molecular weight is 412 g/mol. The van der Waals surface area contributed by atoms with Crippen LogP contribution in [0.1, 0.15) is 31.2 Å². The fourth-order valence-corrected chi connectivity index (χ4v) is 4.10. The first-order valence-corrected chi connectivity index (χ1v) is 10.5. The zero-order valence-corrected chi connectivity index (χ0v) is 16.5. The van der Waals surface area contributed by atoms with Gasteiger partial charge in [-0.05, 0) is 61.8 Å². The smallest absolute Gasteiger partial charge is 0.172 e. The van der Waals surface area contributed by atoms with Gasteiger partial charge < -0.3 is 10.2 Å². The van der Waals surface area contributed by atoms with Crippen LogP contribution in [0.15, 0.2) is 36.4 Å². The Kier molecular flexibility index (Phi) is 4.97. The Morgan fingerprint density at radius 1 is 0.867 bits per heavy atom. The van der Waals surface area contributed by atoms with E-state index in [1.165, 1.54) is 24.3 Å². The standard InChI is InChI=1S/C23H23F3N4/c24-16-2-1-15(19(26)12-16)11-14-7-9-30(10-8-14)23-22(27-18-4-5-18)28-20-6-3-17(25)13-21(20)29-23/h1-3,6,12-14,18H,4-5,7-11H2,(H,27,28). The summed E-state index contributed by atoms with van der Waals surface area (Å²) in [4.78, 5) is 11.6. The Balaban J connectivity index is 1.34. The van der Waals surface area contributed by atoms with E-state index in [-0.39, 0.29) is 5.82 Å². The first-order chi connectivity index (χ1) is 14.5. The van der Waals surface area contributed by atoms with Gasteiger partial charge in [0.1, 0.15) is 17.5 Å². The zero-order valence-electron chi connectivity index (χ0n) is 16.5. The van der Waals surface area contributed by atoms with Crippen LogP contribution in [0.2, 0.25) is 0 Å². The largest absolute Gasteiger partial charge is 0.364 e. The minimum atomic E-state index is -0.548. The lowest BCUT2D eigenvalue weighted by molar-refractivity contribution is 0.396. The Morgan fingerprint density at radius 2 is 1.60 bits per heavy atom. The number of fused-ring (bicyclic) bond motifs is 1. The maximum atomic E-state index is 14.0. The molecule has 1 aliphatic carbocycles. The molecule has 4 nitrogen and oxygen atoms in total. The molecule has 2 fully saturated rings. The maximum Gasteiger partial charge on any atom is 0.172 e. The lowest BCUT2D eigenvalue weighted by Gasteiger charge is -2.34. The molecule has 30 heavy (non-hydrogen) atoms. The van der Waals surface area contributed by atoms with Gasteiger partial charge in [-0.15, -0.1) is 0 Å². The number of rotatable bonds is 5. The fourth-order valence-electron chi connectivity index (χ4n) is 4.10. The van der Waals surface area contributed by atoms with Crippen molar-refractivity contribution in [3.8, 4) is 0 Å². The number of hydrogen-bond donors (Lipinski definition) is 1. The van der Waals surface area contributed by atoms with E-state index >= 15 is 0 Å². The molecule has 1 N–H and O–H groups in total. The Labute approximate surface area is 173 Å². The number of piperidine rings is 1. The fraction of sp³-hybridized carbons (Fsp3) is 0.391. The third-order valence-corrected chi connectivity index (χ3v) is 5.96. The van der Waals surface area contributed by atoms with Crippen LogP contribution >= 0.6 is 0 Å². The van der Waals surface area contributed by atoms with Crippen LogP contribution in [0.4, 0.5) is 24.8 Å². The van der Waals surface area contributed by atoms with Crippen LogP contribution in [-0.2, 0) is 6.42 Å². The van der Waals surface area contributed by atoms with Crippen molar-refractivity contribution in [1.82, 2.24) is 9.97 Å². The predicted molar refractivity (Wildman–Crippen MR) is 111 cm³/mol. The SMILES string of the molecule is Fc1ccc(CC2CCN(c3nc4cc(F)ccc4nc3NC3CC3)CC2)c(F)c1. The number of hydrogen-bond acceptors (Lipinski definition) is 4. The van der Waals surface area contributed by atoms with Gasteiger partial charge in [-0.3, -0.25) is 0 Å². The van der Waals surface area contributed by atoms with Gasteiger partial charge in [0.25, 0.3) is 0 Å². The van der Waals surface area contributed by atoms with Gasteiger partial charge in [-0.25, -0.2) is 23.1 Å². The van der Waals surface area contributed by atoms with Crippen LogP contribution in [0.5, 0.6) is 0 Å². The highest BCUT2D eigenvalue weighted by Gasteiger charge is 2.27. The molecule has 0 bridgehead atoms. The van der Waals surface area contributed by atoms with Gasteiger partial charge >= 0.3 is 0 Å². The van der Waals surface area contributed by atoms with Gasteiger partial charge in [0.2, 0.25) is 0 Å². The van der Waals surface area contributed by atoms with Gasteiger partial charge in [0.05, 0.1) is 11.0 Å². The van der Waals surface area contributed by atoms with Gasteiger partial charge in [-0.1, -0.05) is 6.07 Å². The maximum absolute atomic E-state index is 14.0. The van der Waals surface area contributed by atoms with E-state index in [2.05, 4.69) is 10.2 Å². The minimum Gasteiger partial charge on any atom is -0.364 e. The van der Waals surface area contributed by atoms with E-state index in [1.54, 1.807) is 6.07 Å². The zero-order chi connectivity index (χ0) is 20.7. The third-order valence-electron chi connectivity index (χ3n) is 5.96. The van der Waals surface area contributed by atoms with E-state index < -0.39 is 11.6 Å². The van der Waals surface area contributed by atoms with Crippen LogP contribution < -0.4 is 10.2 Å². The van der Waals surface area contributed by atoms with E-state index in [0.717, 1.165) is 56.5 Å². The number of benzene rings is 2. The topological polar surface area (TPSA) is 41.1 Å². The molecule has 0 radical (unpaired) electrons. The molecule has 0 unspecified atom stereocenters. The van der Waals surface area contributed by atoms with Gasteiger partial charge in [0, 0.05) is 31.3 Å². The Bertz CT molecular complexity index is 1080. The summed E-state index contributed by atoms with van der Waals surface area (Å²) in [6.45, 7) is 1.53. The lowest BCUT2D eigenvalue weighted by Crippen LogP contribution is -2.35. The highest BCUT2D eigenvalue weighted by Crippen LogP contribution is 2.33. The second-order valence-electron chi connectivity index (χ2n) is 8.32. The van der Waals surface area contributed by atoms with Crippen molar-refractivity contribution in [3.63, 3.8) is 0 Å². The van der Waals surface area contributed by atoms with Crippen molar-refractivity contribution in [2.75, 3.05) is 23.3 Å². The Hall–Kier alpha value is -2.83. The summed E-state index contributed by atoms with van der Waals surface area (Å²) < 4.78 is 40.8. The Morgan fingerprint density at radius 3 is 2.33 bits per heavy atom. The normalized spacial score (nSPS) is 17.5. The summed E-state index contributed by atoms with van der Waals surface area (Å²) in [5.74, 6) is 0.479. The van der Waals surface area contributed by atoms with Crippen LogP contribution in [0.25, 0.3) is 11.0 Å². The van der Waals surface area contributed by atoms with E-state index in [1.807, 2.05) is 0 Å². The van der Waals surface area contributed by atoms with Crippen molar-refractivity contribution in [1.29, 1.82) is 0 Å². The minimum absolute atomic E-state index is 0.326. The molecule has 1 saturated carbocycles. The quantitative estimate of drug-likeness (QED) is 0.635. The monoisotopic (exact) mass is 412 g/mol. The molecule has 0 spiro atoms. The van der Waals surface area contributed by atoms with Crippen LogP contribution in [0, 0.1) is 23.4 Å². The summed E-state index contributed by atoms with van der Waals surface area (Å²) in [5, 5.41) is 3.46. The molecule has 1 saturated heterocycles. The molecule has 2 aliphatic rings. The van der Waals surface area contributed by atoms with E-state index in [0.29, 0.717) is 35.0 Å². The molecule has 0 atom stereocenters. The second kappa shape index (κ2) is 7.78. The van der Waals surface area contributed by atoms with E-state index in [4.69, 9.17) is 9.97 Å². The predicted octanol–water partition coefficient (Wildman–Crippen LogP) is 5.08. The molecule has 1 aliphatic heterocycles. The molecule has 2 aromatic carbocycles. The highest BCUT2D eigenvalue weighted by atomic mass is 19.1. The number of halogens is 3. The summed E-state index contributed by atoms with van der Waals surface area (Å²) in [5.41, 5.74) is 1.78. The molecular formula is C23H23F3N4. The number of aromatic nitrogens is 2. The highest BCUT2D eigenvalue weighted by molar-refractivity contribution is 5.80. The molecule has 7 heteroatoms. The summed E-state index contributed by atoms with van der Waals surface area (Å²) in [6.07, 6.45) is 4.59. The van der Waals surface area contributed by atoms with Gasteiger partial charge in [-0.2, -0.15) is 0 Å². The van der Waals surface area contributed by atoms with Gasteiger partial charge in [0.15, 0.2) is 11.6 Å². The first kappa shape index (κ1) is 19.2. The first-order valence-electron chi connectivity index (χ1n) is 10.5. The molecular weight excluding hydrogens is 389 g/mol. The van der Waals surface area contributed by atoms with Crippen LogP contribution in [0.3, 0.4) is 0 Å².